The van der Waals surface area contributed by atoms with Gasteiger partial charge in [-0.2, -0.15) is 5.10 Å². The first-order valence-electron chi connectivity index (χ1n) is 5.83. The number of carbonyl (C=O) groups is 1. The molecule has 19 heavy (non-hydrogen) atoms. The van der Waals surface area contributed by atoms with Gasteiger partial charge in [-0.25, -0.2) is 4.79 Å². The van der Waals surface area contributed by atoms with Crippen LogP contribution in [-0.2, 0) is 6.54 Å². The van der Waals surface area contributed by atoms with Crippen molar-refractivity contribution < 1.29 is 9.90 Å². The quantitative estimate of drug-likeness (QED) is 0.776. The first-order valence-corrected chi connectivity index (χ1v) is 5.83. The summed E-state index contributed by atoms with van der Waals surface area (Å²) in [6.07, 6.45) is 3.35. The number of carboxylic acid groups (broad SMARTS) is 1. The van der Waals surface area contributed by atoms with Crippen molar-refractivity contribution in [2.45, 2.75) is 6.54 Å². The Balaban J connectivity index is 2.04. The van der Waals surface area contributed by atoms with Crippen LogP contribution in [0.3, 0.4) is 0 Å². The second kappa shape index (κ2) is 4.53. The van der Waals surface area contributed by atoms with E-state index in [9.17, 15) is 4.79 Å². The largest absolute Gasteiger partial charge is 0.478 e. The van der Waals surface area contributed by atoms with Crippen LogP contribution >= 0.6 is 0 Å². The molecular weight excluding hydrogens is 242 g/mol. The Morgan fingerprint density at radius 2 is 2.05 bits per heavy atom. The second-order valence-electron chi connectivity index (χ2n) is 4.16. The summed E-state index contributed by atoms with van der Waals surface area (Å²) >= 11 is 0. The summed E-state index contributed by atoms with van der Waals surface area (Å²) in [7, 11) is 0. The highest BCUT2D eigenvalue weighted by molar-refractivity contribution is 5.88. The van der Waals surface area contributed by atoms with Crippen molar-refractivity contribution >= 4 is 16.9 Å². The predicted molar refractivity (Wildman–Crippen MR) is 70.0 cm³/mol. The molecule has 0 aliphatic rings. The van der Waals surface area contributed by atoms with Gasteiger partial charge in [-0.1, -0.05) is 18.2 Å². The Labute approximate surface area is 109 Å². The lowest BCUT2D eigenvalue weighted by Gasteiger charge is -2.06. The van der Waals surface area contributed by atoms with Gasteiger partial charge in [-0.15, -0.1) is 0 Å². The summed E-state index contributed by atoms with van der Waals surface area (Å²) in [5.74, 6) is -0.973. The van der Waals surface area contributed by atoms with Crippen LogP contribution in [0.25, 0.3) is 10.9 Å². The molecule has 5 nitrogen and oxygen atoms in total. The van der Waals surface area contributed by atoms with Crippen molar-refractivity contribution in [1.82, 2.24) is 14.8 Å². The van der Waals surface area contributed by atoms with Gasteiger partial charge >= 0.3 is 5.97 Å². The lowest BCUT2D eigenvalue weighted by Crippen LogP contribution is -2.09. The number of fused-ring (bicyclic) bond motifs is 1. The van der Waals surface area contributed by atoms with E-state index in [-0.39, 0.29) is 5.56 Å². The minimum atomic E-state index is -0.973. The van der Waals surface area contributed by atoms with Gasteiger partial charge in [0.1, 0.15) is 0 Å². The van der Waals surface area contributed by atoms with E-state index in [4.69, 9.17) is 5.11 Å². The third-order valence-electron chi connectivity index (χ3n) is 2.97. The summed E-state index contributed by atoms with van der Waals surface area (Å²) < 4.78 is 1.75. The molecule has 0 spiro atoms. The molecule has 0 aliphatic carbocycles. The highest BCUT2D eigenvalue weighted by Crippen LogP contribution is 2.15. The maximum atomic E-state index is 11.1. The fourth-order valence-corrected chi connectivity index (χ4v) is 2.05. The van der Waals surface area contributed by atoms with Crippen LogP contribution in [0, 0.1) is 0 Å². The average Bonchev–Trinajstić information content (AvgIpc) is 2.83. The second-order valence-corrected chi connectivity index (χ2v) is 4.16. The Morgan fingerprint density at radius 3 is 2.89 bits per heavy atom. The van der Waals surface area contributed by atoms with Gasteiger partial charge < -0.3 is 5.11 Å². The lowest BCUT2D eigenvalue weighted by atomic mass is 10.2. The smallest absolute Gasteiger partial charge is 0.337 e. The predicted octanol–water partition coefficient (Wildman–Crippen LogP) is 2.18. The molecule has 94 valence electrons. The summed E-state index contributed by atoms with van der Waals surface area (Å²) in [4.78, 5) is 15.3. The number of rotatable bonds is 3. The third-order valence-corrected chi connectivity index (χ3v) is 2.97. The van der Waals surface area contributed by atoms with Crippen LogP contribution in [-0.4, -0.2) is 25.8 Å². The number of pyridine rings is 1. The van der Waals surface area contributed by atoms with Crippen LogP contribution in [0.2, 0.25) is 0 Å². The molecule has 0 saturated heterocycles. The maximum absolute atomic E-state index is 11.1. The zero-order valence-electron chi connectivity index (χ0n) is 10.0. The molecule has 3 rings (SSSR count). The van der Waals surface area contributed by atoms with E-state index in [1.807, 2.05) is 24.3 Å². The topological polar surface area (TPSA) is 68.0 Å². The Kier molecular flexibility index (Phi) is 2.72. The van der Waals surface area contributed by atoms with E-state index >= 15 is 0 Å². The van der Waals surface area contributed by atoms with Crippen LogP contribution in [0.15, 0.2) is 48.8 Å². The van der Waals surface area contributed by atoms with E-state index in [1.54, 1.807) is 29.2 Å². The zero-order chi connectivity index (χ0) is 13.2. The average molecular weight is 253 g/mol. The van der Waals surface area contributed by atoms with E-state index in [2.05, 4.69) is 10.1 Å². The molecule has 1 aromatic carbocycles. The number of para-hydroxylation sites is 1. The van der Waals surface area contributed by atoms with E-state index < -0.39 is 5.97 Å². The number of carboxylic acids is 1. The number of aromatic carboxylic acids is 1. The molecule has 0 bridgehead atoms. The van der Waals surface area contributed by atoms with Crippen molar-refractivity contribution in [3.8, 4) is 0 Å². The Morgan fingerprint density at radius 1 is 1.21 bits per heavy atom. The highest BCUT2D eigenvalue weighted by Gasteiger charge is 2.12. The third kappa shape index (κ3) is 2.06. The molecule has 2 heterocycles. The molecule has 1 N–H and O–H groups in total. The first kappa shape index (κ1) is 11.4. The lowest BCUT2D eigenvalue weighted by molar-refractivity contribution is 0.0695. The van der Waals surface area contributed by atoms with Gasteiger partial charge in [0.2, 0.25) is 0 Å². The number of nitrogens with zero attached hydrogens (tertiary/aromatic N) is 3. The molecule has 0 aliphatic heterocycles. The first-order chi connectivity index (χ1) is 9.25. The molecule has 0 unspecified atom stereocenters. The number of hydrogen-bond donors (Lipinski definition) is 1. The number of aromatic nitrogens is 3. The van der Waals surface area contributed by atoms with E-state index in [0.717, 1.165) is 10.9 Å². The van der Waals surface area contributed by atoms with E-state index in [1.165, 1.54) is 0 Å². The van der Waals surface area contributed by atoms with Gasteiger partial charge in [-0.05, 0) is 18.2 Å². The fraction of sp³-hybridized carbons (Fsp3) is 0.0714. The minimum absolute atomic E-state index is 0.210. The molecule has 3 aromatic rings. The monoisotopic (exact) mass is 253 g/mol. The summed E-state index contributed by atoms with van der Waals surface area (Å²) in [6, 6.07) is 11.0. The minimum Gasteiger partial charge on any atom is -0.478 e. The van der Waals surface area contributed by atoms with E-state index in [0.29, 0.717) is 12.2 Å². The van der Waals surface area contributed by atoms with Gasteiger partial charge in [0.15, 0.2) is 0 Å². The van der Waals surface area contributed by atoms with Crippen LogP contribution in [0.5, 0.6) is 0 Å². The number of benzene rings is 1. The molecule has 0 fully saturated rings. The molecular formula is C14H11N3O2. The summed E-state index contributed by atoms with van der Waals surface area (Å²) in [6.45, 7) is 0.343. The molecule has 0 atom stereocenters. The van der Waals surface area contributed by atoms with Crippen molar-refractivity contribution in [3.05, 3.63) is 60.0 Å². The van der Waals surface area contributed by atoms with Gasteiger partial charge in [0.05, 0.1) is 29.5 Å². The molecule has 2 aromatic heterocycles. The Bertz CT molecular complexity index is 749. The standard InChI is InChI=1S/C14H11N3O2/c18-14(19)11-5-3-7-15-12(11)9-17-13-6-2-1-4-10(13)8-16-17/h1-8H,9H2,(H,18,19). The molecule has 0 saturated carbocycles. The highest BCUT2D eigenvalue weighted by atomic mass is 16.4. The van der Waals surface area contributed by atoms with Gasteiger partial charge in [0, 0.05) is 11.6 Å². The SMILES string of the molecule is O=C(O)c1cccnc1Cn1ncc2ccccc21. The van der Waals surface area contributed by atoms with Crippen LogP contribution in [0.1, 0.15) is 16.1 Å². The van der Waals surface area contributed by atoms with Crippen molar-refractivity contribution in [2.24, 2.45) is 0 Å². The van der Waals surface area contributed by atoms with Crippen LogP contribution < -0.4 is 0 Å². The van der Waals surface area contributed by atoms with Gasteiger partial charge in [0.25, 0.3) is 0 Å². The molecule has 0 radical (unpaired) electrons. The summed E-state index contributed by atoms with van der Waals surface area (Å²) in [5, 5.41) is 14.4. The maximum Gasteiger partial charge on any atom is 0.337 e. The molecule has 5 heteroatoms. The Hall–Kier alpha value is -2.69. The van der Waals surface area contributed by atoms with Gasteiger partial charge in [-0.3, -0.25) is 9.67 Å². The molecule has 0 amide bonds. The summed E-state index contributed by atoms with van der Waals surface area (Å²) in [5.41, 5.74) is 1.68. The van der Waals surface area contributed by atoms with Crippen molar-refractivity contribution in [3.63, 3.8) is 0 Å². The van der Waals surface area contributed by atoms with Crippen molar-refractivity contribution in [2.75, 3.05) is 0 Å². The fourth-order valence-electron chi connectivity index (χ4n) is 2.05. The number of hydrogen-bond acceptors (Lipinski definition) is 3. The van der Waals surface area contributed by atoms with Crippen LogP contribution in [0.4, 0.5) is 0 Å². The zero-order valence-corrected chi connectivity index (χ0v) is 10.0. The normalized spacial score (nSPS) is 10.7. The van der Waals surface area contributed by atoms with Crippen molar-refractivity contribution in [1.29, 1.82) is 0 Å².